The minimum atomic E-state index is -0.0582. The van der Waals surface area contributed by atoms with Crippen LogP contribution in [-0.4, -0.2) is 25.5 Å². The molecule has 0 bridgehead atoms. The highest BCUT2D eigenvalue weighted by Crippen LogP contribution is 2.35. The fourth-order valence-electron chi connectivity index (χ4n) is 4.09. The van der Waals surface area contributed by atoms with Crippen LogP contribution in [0, 0.1) is 12.1 Å². The van der Waals surface area contributed by atoms with Crippen LogP contribution in [0.15, 0.2) is 96.6 Å². The molecule has 37 heavy (non-hydrogen) atoms. The zero-order valence-electron chi connectivity index (χ0n) is 19.6. The number of nitrogens with zero attached hydrogens (tertiary/aromatic N) is 4. The molecule has 6 rings (SSSR count). The van der Waals surface area contributed by atoms with Crippen LogP contribution in [0.25, 0.3) is 28.0 Å². The summed E-state index contributed by atoms with van der Waals surface area (Å²) in [7, 11) is 0. The number of carbonyl (C=O) groups excluding carboxylic acids is 1. The summed E-state index contributed by atoms with van der Waals surface area (Å²) in [6, 6.07) is 30.7. The van der Waals surface area contributed by atoms with Crippen LogP contribution >= 0.6 is 11.3 Å². The summed E-state index contributed by atoms with van der Waals surface area (Å²) in [5, 5.41) is 13.1. The number of anilines is 3. The molecule has 0 atom stereocenters. The predicted molar refractivity (Wildman–Crippen MR) is 146 cm³/mol. The van der Waals surface area contributed by atoms with E-state index in [-0.39, 0.29) is 5.91 Å². The summed E-state index contributed by atoms with van der Waals surface area (Å²) in [5.74, 6) is 0.407. The molecule has 1 amide bonds. The average molecular weight is 501 g/mol. The highest BCUT2D eigenvalue weighted by Gasteiger charge is 2.18. The fourth-order valence-corrected chi connectivity index (χ4v) is 4.79. The average Bonchev–Trinajstić information content (AvgIpc) is 3.57. The van der Waals surface area contributed by atoms with E-state index in [1.165, 1.54) is 0 Å². The Morgan fingerprint density at radius 3 is 2.84 bits per heavy atom. The highest BCUT2D eigenvalue weighted by molar-refractivity contribution is 7.10. The molecule has 0 saturated heterocycles. The number of fused-ring (bicyclic) bond motifs is 1. The van der Waals surface area contributed by atoms with E-state index in [1.54, 1.807) is 29.7 Å². The van der Waals surface area contributed by atoms with E-state index in [0.717, 1.165) is 38.6 Å². The van der Waals surface area contributed by atoms with Crippen molar-refractivity contribution in [3.05, 3.63) is 114 Å². The third kappa shape index (κ3) is 4.89. The van der Waals surface area contributed by atoms with Crippen molar-refractivity contribution < 1.29 is 4.79 Å². The molecule has 0 aliphatic rings. The Hall–Kier alpha value is -5.00. The molecule has 0 spiro atoms. The molecule has 8 heteroatoms. The lowest BCUT2D eigenvalue weighted by Gasteiger charge is -2.09. The molecule has 4 aromatic heterocycles. The Balaban J connectivity index is 1.37. The van der Waals surface area contributed by atoms with Gasteiger partial charge in [0.2, 0.25) is 11.9 Å². The number of hydrogen-bond donors (Lipinski definition) is 2. The van der Waals surface area contributed by atoms with Gasteiger partial charge in [-0.15, -0.1) is 11.3 Å². The van der Waals surface area contributed by atoms with Gasteiger partial charge in [-0.3, -0.25) is 4.79 Å². The van der Waals surface area contributed by atoms with E-state index in [2.05, 4.69) is 27.8 Å². The highest BCUT2D eigenvalue weighted by atomic mass is 32.1. The number of rotatable bonds is 7. The van der Waals surface area contributed by atoms with Crippen LogP contribution in [0.2, 0.25) is 0 Å². The molecule has 6 aromatic rings. The zero-order valence-corrected chi connectivity index (χ0v) is 20.4. The Morgan fingerprint density at radius 2 is 1.97 bits per heavy atom. The smallest absolute Gasteiger partial charge is 0.229 e. The van der Waals surface area contributed by atoms with Crippen LogP contribution in [0.1, 0.15) is 4.88 Å². The molecule has 0 aliphatic heterocycles. The molecule has 0 fully saturated rings. The fraction of sp³-hybridized carbons (Fsp3) is 0.0345. The topological polar surface area (TPSA) is 84.2 Å². The maximum absolute atomic E-state index is 12.6. The number of benzene rings is 1. The Labute approximate surface area is 217 Å². The van der Waals surface area contributed by atoms with Crippen LogP contribution < -0.4 is 10.6 Å². The summed E-state index contributed by atoms with van der Waals surface area (Å²) in [5.41, 5.74) is 5.68. The molecule has 0 radical (unpaired) electrons. The van der Waals surface area contributed by atoms with Crippen molar-refractivity contribution in [3.63, 3.8) is 0 Å². The van der Waals surface area contributed by atoms with Crippen LogP contribution in [-0.2, 0) is 11.2 Å². The molecule has 0 saturated carbocycles. The van der Waals surface area contributed by atoms with E-state index in [4.69, 9.17) is 10.1 Å². The van der Waals surface area contributed by atoms with Crippen molar-refractivity contribution in [1.82, 2.24) is 19.6 Å². The van der Waals surface area contributed by atoms with Gasteiger partial charge in [0.15, 0.2) is 0 Å². The first kappa shape index (κ1) is 22.5. The second kappa shape index (κ2) is 9.93. The van der Waals surface area contributed by atoms with Crippen LogP contribution in [0.3, 0.4) is 0 Å². The number of hydrogen-bond acceptors (Lipinski definition) is 6. The van der Waals surface area contributed by atoms with Crippen molar-refractivity contribution >= 4 is 40.1 Å². The second-order valence-corrected chi connectivity index (χ2v) is 9.28. The van der Waals surface area contributed by atoms with Crippen LogP contribution in [0.5, 0.6) is 0 Å². The molecule has 7 nitrogen and oxygen atoms in total. The van der Waals surface area contributed by atoms with Gasteiger partial charge in [-0.05, 0) is 53.9 Å². The molecular formula is C29H20N6OS. The molecule has 178 valence electrons. The minimum Gasteiger partial charge on any atom is -0.326 e. The van der Waals surface area contributed by atoms with E-state index in [1.807, 2.05) is 82.8 Å². The third-order valence-electron chi connectivity index (χ3n) is 5.70. The monoisotopic (exact) mass is 500 g/mol. The second-order valence-electron chi connectivity index (χ2n) is 8.25. The lowest BCUT2D eigenvalue weighted by molar-refractivity contribution is -0.115. The molecule has 2 aromatic carbocycles. The maximum Gasteiger partial charge on any atom is 0.229 e. The standard InChI is InChI=1S/C29H20N6OS/c36-26(19-23-12-7-17-37-23)31-22-11-6-8-20(18-22)28-27(25-13-4-5-16-35(25)34-28)24-14-15-30-29(33-24)32-21-9-2-1-3-10-21/h2,4-18H,19H2,(H,31,36)(H,30,32,33). The Bertz CT molecular complexity index is 1680. The number of pyridine rings is 1. The van der Waals surface area contributed by atoms with Crippen molar-refractivity contribution in [2.45, 2.75) is 6.42 Å². The van der Waals surface area contributed by atoms with Crippen LogP contribution in [0.4, 0.5) is 17.3 Å². The van der Waals surface area contributed by atoms with Crippen molar-refractivity contribution in [3.8, 4) is 22.5 Å². The van der Waals surface area contributed by atoms with Gasteiger partial charge in [-0.1, -0.05) is 36.4 Å². The summed E-state index contributed by atoms with van der Waals surface area (Å²) in [4.78, 5) is 22.8. The number of nitrogens with one attached hydrogen (secondary N) is 2. The van der Waals surface area contributed by atoms with Crippen molar-refractivity contribution in [2.75, 3.05) is 10.6 Å². The van der Waals surface area contributed by atoms with Gasteiger partial charge < -0.3 is 10.6 Å². The van der Waals surface area contributed by atoms with Gasteiger partial charge in [-0.25, -0.2) is 14.5 Å². The summed E-state index contributed by atoms with van der Waals surface area (Å²) >= 11 is 1.57. The first-order valence-corrected chi connectivity index (χ1v) is 12.5. The first-order chi connectivity index (χ1) is 18.2. The minimum absolute atomic E-state index is 0.0582. The number of carbonyl (C=O) groups is 1. The molecule has 0 unspecified atom stereocenters. The largest absolute Gasteiger partial charge is 0.326 e. The van der Waals surface area contributed by atoms with Gasteiger partial charge in [0.25, 0.3) is 0 Å². The van der Waals surface area contributed by atoms with Crippen molar-refractivity contribution in [2.24, 2.45) is 0 Å². The van der Waals surface area contributed by atoms with Gasteiger partial charge in [-0.2, -0.15) is 5.10 Å². The molecule has 4 heterocycles. The van der Waals surface area contributed by atoms with Crippen molar-refractivity contribution in [1.29, 1.82) is 0 Å². The van der Waals surface area contributed by atoms with E-state index in [0.29, 0.717) is 18.1 Å². The summed E-state index contributed by atoms with van der Waals surface area (Å²) in [6.45, 7) is 0. The van der Waals surface area contributed by atoms with Gasteiger partial charge in [0.1, 0.15) is 5.69 Å². The van der Waals surface area contributed by atoms with E-state index < -0.39 is 0 Å². The lowest BCUT2D eigenvalue weighted by atomic mass is 10.0. The summed E-state index contributed by atoms with van der Waals surface area (Å²) in [6.07, 6.45) is 3.97. The number of amides is 1. The lowest BCUT2D eigenvalue weighted by Crippen LogP contribution is -2.13. The van der Waals surface area contributed by atoms with E-state index in [9.17, 15) is 4.79 Å². The summed E-state index contributed by atoms with van der Waals surface area (Å²) < 4.78 is 1.84. The van der Waals surface area contributed by atoms with Gasteiger partial charge in [0, 0.05) is 40.3 Å². The predicted octanol–water partition coefficient (Wildman–Crippen LogP) is 6.04. The van der Waals surface area contributed by atoms with Gasteiger partial charge in [0.05, 0.1) is 23.2 Å². The SMILES string of the molecule is O=C(Cc1cccs1)Nc1cccc(-c2nn3ccccc3c2-c2ccnc(Nc3cc#ccc3)n2)c1. The molecule has 0 aliphatic carbocycles. The quantitative estimate of drug-likeness (QED) is 0.279. The van der Waals surface area contributed by atoms with Gasteiger partial charge >= 0.3 is 0 Å². The van der Waals surface area contributed by atoms with E-state index >= 15 is 0 Å². The Morgan fingerprint density at radius 1 is 1.00 bits per heavy atom. The Kier molecular flexibility index (Phi) is 6.03. The maximum atomic E-state index is 12.6. The number of thiophene rings is 1. The number of aromatic nitrogens is 4. The first-order valence-electron chi connectivity index (χ1n) is 11.6. The normalized spacial score (nSPS) is 10.7. The third-order valence-corrected chi connectivity index (χ3v) is 6.58. The zero-order chi connectivity index (χ0) is 25.0. The molecular weight excluding hydrogens is 480 g/mol. The molecule has 2 N–H and O–H groups in total.